The van der Waals surface area contributed by atoms with Gasteiger partial charge in [-0.2, -0.15) is 0 Å². The van der Waals surface area contributed by atoms with Gasteiger partial charge in [-0.1, -0.05) is 15.9 Å². The molecule has 0 bridgehead atoms. The van der Waals surface area contributed by atoms with Gasteiger partial charge in [0.15, 0.2) is 11.5 Å². The Kier molecular flexibility index (Phi) is 7.20. The SMILES string of the molecule is COCCNCc1cc(Br)cc(OC)c1OC(C)C. The number of hydrogen-bond acceptors (Lipinski definition) is 4. The van der Waals surface area contributed by atoms with Crippen molar-refractivity contribution < 1.29 is 14.2 Å². The van der Waals surface area contributed by atoms with Crippen LogP contribution in [0, 0.1) is 0 Å². The van der Waals surface area contributed by atoms with Gasteiger partial charge in [-0.25, -0.2) is 0 Å². The molecule has 5 heteroatoms. The van der Waals surface area contributed by atoms with Gasteiger partial charge in [0.05, 0.1) is 19.8 Å². The van der Waals surface area contributed by atoms with Crippen molar-refractivity contribution in [2.45, 2.75) is 26.5 Å². The average molecular weight is 332 g/mol. The van der Waals surface area contributed by atoms with Crippen molar-refractivity contribution in [1.29, 1.82) is 0 Å². The maximum Gasteiger partial charge on any atom is 0.166 e. The molecule has 0 fully saturated rings. The number of ether oxygens (including phenoxy) is 3. The van der Waals surface area contributed by atoms with Crippen LogP contribution < -0.4 is 14.8 Å². The lowest BCUT2D eigenvalue weighted by Crippen LogP contribution is -2.20. The van der Waals surface area contributed by atoms with E-state index in [1.54, 1.807) is 14.2 Å². The Hall–Kier alpha value is -0.780. The minimum Gasteiger partial charge on any atom is -0.493 e. The number of hydrogen-bond donors (Lipinski definition) is 1. The minimum atomic E-state index is 0.104. The predicted octanol–water partition coefficient (Wildman–Crippen LogP) is 2.98. The summed E-state index contributed by atoms with van der Waals surface area (Å²) in [4.78, 5) is 0. The number of nitrogens with one attached hydrogen (secondary N) is 1. The van der Waals surface area contributed by atoms with Crippen molar-refractivity contribution in [3.05, 3.63) is 22.2 Å². The van der Waals surface area contributed by atoms with E-state index < -0.39 is 0 Å². The highest BCUT2D eigenvalue weighted by molar-refractivity contribution is 9.10. The molecule has 0 spiro atoms. The van der Waals surface area contributed by atoms with Crippen LogP contribution >= 0.6 is 15.9 Å². The Morgan fingerprint density at radius 2 is 2.00 bits per heavy atom. The van der Waals surface area contributed by atoms with Crippen LogP contribution in [0.25, 0.3) is 0 Å². The number of benzene rings is 1. The van der Waals surface area contributed by atoms with Gasteiger partial charge in [0.25, 0.3) is 0 Å². The maximum absolute atomic E-state index is 5.86. The lowest BCUT2D eigenvalue weighted by Gasteiger charge is -2.18. The number of methoxy groups -OCH3 is 2. The largest absolute Gasteiger partial charge is 0.493 e. The highest BCUT2D eigenvalue weighted by Crippen LogP contribution is 2.35. The van der Waals surface area contributed by atoms with Gasteiger partial charge < -0.3 is 19.5 Å². The number of rotatable bonds is 8. The van der Waals surface area contributed by atoms with Crippen molar-refractivity contribution >= 4 is 15.9 Å². The van der Waals surface area contributed by atoms with Crippen molar-refractivity contribution in [3.63, 3.8) is 0 Å². The predicted molar refractivity (Wildman–Crippen MR) is 80.0 cm³/mol. The molecule has 0 saturated heterocycles. The van der Waals surface area contributed by atoms with Crippen LogP contribution in [0.15, 0.2) is 16.6 Å². The Morgan fingerprint density at radius 3 is 2.58 bits per heavy atom. The molecule has 0 aliphatic carbocycles. The first-order valence-corrected chi connectivity index (χ1v) is 7.10. The summed E-state index contributed by atoms with van der Waals surface area (Å²) in [6.07, 6.45) is 0.104. The fraction of sp³-hybridized carbons (Fsp3) is 0.571. The van der Waals surface area contributed by atoms with Crippen molar-refractivity contribution in [2.75, 3.05) is 27.4 Å². The first-order valence-electron chi connectivity index (χ1n) is 6.31. The zero-order valence-electron chi connectivity index (χ0n) is 12.0. The van der Waals surface area contributed by atoms with E-state index in [2.05, 4.69) is 21.2 Å². The van der Waals surface area contributed by atoms with Gasteiger partial charge in [-0.15, -0.1) is 0 Å². The summed E-state index contributed by atoms with van der Waals surface area (Å²) in [7, 11) is 3.34. The van der Waals surface area contributed by atoms with Crippen molar-refractivity contribution in [2.24, 2.45) is 0 Å². The van der Waals surface area contributed by atoms with E-state index in [-0.39, 0.29) is 6.10 Å². The zero-order chi connectivity index (χ0) is 14.3. The van der Waals surface area contributed by atoms with Crippen LogP contribution in [0.4, 0.5) is 0 Å². The van der Waals surface area contributed by atoms with Gasteiger partial charge >= 0.3 is 0 Å². The molecule has 1 aromatic rings. The summed E-state index contributed by atoms with van der Waals surface area (Å²) in [6, 6.07) is 3.95. The molecule has 0 atom stereocenters. The molecule has 0 aliphatic heterocycles. The standard InChI is InChI=1S/C14H22BrNO3/c1-10(2)19-14-11(9-16-5-6-17-3)7-12(15)8-13(14)18-4/h7-8,10,16H,5-6,9H2,1-4H3. The van der Waals surface area contributed by atoms with Gasteiger partial charge in [0.2, 0.25) is 0 Å². The van der Waals surface area contributed by atoms with Crippen LogP contribution in [-0.2, 0) is 11.3 Å². The summed E-state index contributed by atoms with van der Waals surface area (Å²) in [5, 5.41) is 3.31. The third-order valence-corrected chi connectivity index (χ3v) is 2.93. The molecule has 4 nitrogen and oxygen atoms in total. The van der Waals surface area contributed by atoms with Gasteiger partial charge in [0.1, 0.15) is 0 Å². The summed E-state index contributed by atoms with van der Waals surface area (Å²) in [5.74, 6) is 1.54. The van der Waals surface area contributed by atoms with Gasteiger partial charge in [0, 0.05) is 30.2 Å². The van der Waals surface area contributed by atoms with Crippen molar-refractivity contribution in [1.82, 2.24) is 5.32 Å². The molecule has 0 radical (unpaired) electrons. The fourth-order valence-corrected chi connectivity index (χ4v) is 2.16. The topological polar surface area (TPSA) is 39.7 Å². The molecule has 1 rings (SSSR count). The lowest BCUT2D eigenvalue weighted by molar-refractivity contribution is 0.198. The summed E-state index contributed by atoms with van der Waals surface area (Å²) < 4.78 is 17.2. The quantitative estimate of drug-likeness (QED) is 0.743. The molecule has 0 unspecified atom stereocenters. The number of halogens is 1. The minimum absolute atomic E-state index is 0.104. The van der Waals surface area contributed by atoms with E-state index in [0.717, 1.165) is 28.1 Å². The van der Waals surface area contributed by atoms with Crippen LogP contribution in [0.5, 0.6) is 11.5 Å². The van der Waals surface area contributed by atoms with Crippen LogP contribution in [0.1, 0.15) is 19.4 Å². The molecule has 108 valence electrons. The third-order valence-electron chi connectivity index (χ3n) is 2.47. The van der Waals surface area contributed by atoms with Crippen molar-refractivity contribution in [3.8, 4) is 11.5 Å². The van der Waals surface area contributed by atoms with Gasteiger partial charge in [-0.3, -0.25) is 0 Å². The van der Waals surface area contributed by atoms with E-state index in [1.165, 1.54) is 0 Å². The van der Waals surface area contributed by atoms with Crippen LogP contribution in [-0.4, -0.2) is 33.5 Å². The average Bonchev–Trinajstić information content (AvgIpc) is 2.36. The highest BCUT2D eigenvalue weighted by atomic mass is 79.9. The maximum atomic E-state index is 5.86. The fourth-order valence-electron chi connectivity index (χ4n) is 1.67. The smallest absolute Gasteiger partial charge is 0.166 e. The first-order chi connectivity index (χ1) is 9.08. The summed E-state index contributed by atoms with van der Waals surface area (Å²) in [5.41, 5.74) is 1.07. The Morgan fingerprint density at radius 1 is 1.26 bits per heavy atom. The molecule has 0 saturated carbocycles. The molecule has 0 heterocycles. The summed E-state index contributed by atoms with van der Waals surface area (Å²) in [6.45, 7) is 6.20. The Bertz CT molecular complexity index is 397. The zero-order valence-corrected chi connectivity index (χ0v) is 13.5. The first kappa shape index (κ1) is 16.3. The lowest BCUT2D eigenvalue weighted by atomic mass is 10.1. The summed E-state index contributed by atoms with van der Waals surface area (Å²) >= 11 is 3.49. The molecule has 0 amide bonds. The van der Waals surface area contributed by atoms with E-state index >= 15 is 0 Å². The van der Waals surface area contributed by atoms with E-state index in [9.17, 15) is 0 Å². The molecule has 0 aliphatic rings. The Balaban J connectivity index is 2.88. The highest BCUT2D eigenvalue weighted by Gasteiger charge is 2.13. The normalized spacial score (nSPS) is 10.8. The van der Waals surface area contributed by atoms with E-state index in [0.29, 0.717) is 13.2 Å². The monoisotopic (exact) mass is 331 g/mol. The van der Waals surface area contributed by atoms with Crippen LogP contribution in [0.2, 0.25) is 0 Å². The Labute approximate surface area is 123 Å². The molecule has 1 N–H and O–H groups in total. The molecule has 19 heavy (non-hydrogen) atoms. The second-order valence-corrected chi connectivity index (χ2v) is 5.35. The second-order valence-electron chi connectivity index (χ2n) is 4.43. The van der Waals surface area contributed by atoms with E-state index in [4.69, 9.17) is 14.2 Å². The molecular formula is C14H22BrNO3. The molecule has 1 aromatic carbocycles. The second kappa shape index (κ2) is 8.40. The molecule has 0 aromatic heterocycles. The third kappa shape index (κ3) is 5.38. The molecular weight excluding hydrogens is 310 g/mol. The van der Waals surface area contributed by atoms with Gasteiger partial charge in [-0.05, 0) is 26.0 Å². The van der Waals surface area contributed by atoms with Crippen LogP contribution in [0.3, 0.4) is 0 Å². The van der Waals surface area contributed by atoms with E-state index in [1.807, 2.05) is 26.0 Å².